The Bertz CT molecular complexity index is 660. The van der Waals surface area contributed by atoms with E-state index in [0.717, 1.165) is 50.4 Å². The molecule has 7 unspecified atom stereocenters. The number of hydrogen-bond donors (Lipinski definition) is 2. The van der Waals surface area contributed by atoms with Gasteiger partial charge >= 0.3 is 5.97 Å². The maximum Gasteiger partial charge on any atom is 0.309 e. The Kier molecular flexibility index (Phi) is 4.31. The Morgan fingerprint density at radius 2 is 1.50 bits per heavy atom. The van der Waals surface area contributed by atoms with Crippen LogP contribution in [0.5, 0.6) is 0 Å². The summed E-state index contributed by atoms with van der Waals surface area (Å²) >= 11 is 0. The first kappa shape index (κ1) is 19.4. The molecule has 2 N–H and O–H groups in total. The second-order valence-electron chi connectivity index (χ2n) is 12.0. The van der Waals surface area contributed by atoms with E-state index in [9.17, 15) is 15.0 Å². The quantitative estimate of drug-likeness (QED) is 0.623. The first-order chi connectivity index (χ1) is 13.2. The van der Waals surface area contributed by atoms with Gasteiger partial charge in [0.1, 0.15) is 0 Å². The third-order valence-corrected chi connectivity index (χ3v) is 11.5. The van der Waals surface area contributed by atoms with E-state index in [1.807, 2.05) is 0 Å². The zero-order valence-corrected chi connectivity index (χ0v) is 18.1. The van der Waals surface area contributed by atoms with Crippen molar-refractivity contribution in [3.8, 4) is 0 Å². The standard InChI is InChI=1S/C25H40O3/c1-15-17-8-12-24(3)18-9-14-25(22(27)28)11-4-5-19(25)16(18)6-7-21(24)23(17,2)13-10-20(15)26/h15-21,26H,4-14H2,1-3H3,(H,27,28)/t15?,16?,17?,18?,19?,20-,21?,23?,24-,25-/m0/s1. The van der Waals surface area contributed by atoms with Gasteiger partial charge in [0.05, 0.1) is 11.5 Å². The Hall–Kier alpha value is -0.570. The van der Waals surface area contributed by atoms with Crippen molar-refractivity contribution in [1.29, 1.82) is 0 Å². The van der Waals surface area contributed by atoms with Crippen LogP contribution in [0.25, 0.3) is 0 Å². The van der Waals surface area contributed by atoms with Crippen molar-refractivity contribution in [1.82, 2.24) is 0 Å². The van der Waals surface area contributed by atoms with Crippen LogP contribution in [0.15, 0.2) is 0 Å². The van der Waals surface area contributed by atoms with Gasteiger partial charge in [0.15, 0.2) is 0 Å². The molecule has 28 heavy (non-hydrogen) atoms. The maximum absolute atomic E-state index is 12.3. The smallest absolute Gasteiger partial charge is 0.309 e. The molecule has 5 saturated carbocycles. The van der Waals surface area contributed by atoms with Crippen molar-refractivity contribution >= 4 is 5.97 Å². The largest absolute Gasteiger partial charge is 0.481 e. The van der Waals surface area contributed by atoms with E-state index in [0.29, 0.717) is 34.5 Å². The second kappa shape index (κ2) is 6.22. The summed E-state index contributed by atoms with van der Waals surface area (Å²) < 4.78 is 0. The van der Waals surface area contributed by atoms with Crippen LogP contribution in [0.1, 0.15) is 91.4 Å². The zero-order valence-electron chi connectivity index (χ0n) is 18.1. The average Bonchev–Trinajstić information content (AvgIpc) is 3.11. The molecule has 0 aromatic heterocycles. The summed E-state index contributed by atoms with van der Waals surface area (Å²) in [6.45, 7) is 7.44. The van der Waals surface area contributed by atoms with Gasteiger partial charge in [0.2, 0.25) is 0 Å². The van der Waals surface area contributed by atoms with Gasteiger partial charge in [-0.3, -0.25) is 4.79 Å². The van der Waals surface area contributed by atoms with Crippen molar-refractivity contribution in [2.45, 2.75) is 97.5 Å². The highest BCUT2D eigenvalue weighted by Crippen LogP contribution is 2.71. The molecule has 0 heterocycles. The monoisotopic (exact) mass is 388 g/mol. The summed E-state index contributed by atoms with van der Waals surface area (Å²) in [5.74, 6) is 3.15. The molecule has 0 aromatic rings. The van der Waals surface area contributed by atoms with E-state index >= 15 is 0 Å². The van der Waals surface area contributed by atoms with Crippen LogP contribution in [-0.2, 0) is 4.79 Å². The minimum atomic E-state index is -0.494. The second-order valence-corrected chi connectivity index (χ2v) is 12.0. The summed E-state index contributed by atoms with van der Waals surface area (Å²) in [5.41, 5.74) is 0.353. The predicted octanol–water partition coefficient (Wildman–Crippen LogP) is 5.51. The molecule has 0 aromatic carbocycles. The van der Waals surface area contributed by atoms with Crippen LogP contribution in [0, 0.1) is 51.8 Å². The third-order valence-electron chi connectivity index (χ3n) is 11.5. The number of carboxylic acids is 1. The summed E-state index contributed by atoms with van der Waals surface area (Å²) in [5, 5.41) is 20.6. The molecule has 5 rings (SSSR count). The molecule has 0 bridgehead atoms. The molecular weight excluding hydrogens is 348 g/mol. The molecular formula is C25H40O3. The highest BCUT2D eigenvalue weighted by molar-refractivity contribution is 5.75. The van der Waals surface area contributed by atoms with E-state index in [1.165, 1.54) is 32.1 Å². The molecule has 0 amide bonds. The molecule has 0 radical (unpaired) electrons. The van der Waals surface area contributed by atoms with Crippen LogP contribution in [-0.4, -0.2) is 22.3 Å². The van der Waals surface area contributed by atoms with E-state index in [1.54, 1.807) is 0 Å². The highest BCUT2D eigenvalue weighted by atomic mass is 16.4. The van der Waals surface area contributed by atoms with Crippen LogP contribution < -0.4 is 0 Å². The van der Waals surface area contributed by atoms with Gasteiger partial charge in [-0.15, -0.1) is 0 Å². The summed E-state index contributed by atoms with van der Waals surface area (Å²) in [6.07, 6.45) is 12.4. The third kappa shape index (κ3) is 2.29. The lowest BCUT2D eigenvalue weighted by Gasteiger charge is -2.67. The minimum absolute atomic E-state index is 0.108. The van der Waals surface area contributed by atoms with E-state index in [-0.39, 0.29) is 6.10 Å². The molecule has 0 spiro atoms. The Labute approximate surface area is 170 Å². The number of hydrogen-bond acceptors (Lipinski definition) is 2. The number of carbonyl (C=O) groups is 1. The lowest BCUT2D eigenvalue weighted by Crippen LogP contribution is -2.61. The van der Waals surface area contributed by atoms with Gasteiger partial charge in [-0.1, -0.05) is 27.2 Å². The van der Waals surface area contributed by atoms with Crippen LogP contribution in [0.3, 0.4) is 0 Å². The highest BCUT2D eigenvalue weighted by Gasteiger charge is 2.65. The van der Waals surface area contributed by atoms with Crippen LogP contribution in [0.4, 0.5) is 0 Å². The average molecular weight is 389 g/mol. The Balaban J connectivity index is 1.47. The molecule has 0 saturated heterocycles. The first-order valence-electron chi connectivity index (χ1n) is 12.2. The van der Waals surface area contributed by atoms with Gasteiger partial charge in [0, 0.05) is 0 Å². The van der Waals surface area contributed by atoms with Crippen molar-refractivity contribution < 1.29 is 15.0 Å². The number of aliphatic carboxylic acids is 1. The molecule has 3 heteroatoms. The molecule has 0 aliphatic heterocycles. The van der Waals surface area contributed by atoms with Crippen molar-refractivity contribution in [3.63, 3.8) is 0 Å². The van der Waals surface area contributed by atoms with E-state index < -0.39 is 11.4 Å². The van der Waals surface area contributed by atoms with Crippen molar-refractivity contribution in [2.24, 2.45) is 51.8 Å². The maximum atomic E-state index is 12.3. The number of rotatable bonds is 1. The Morgan fingerprint density at radius 1 is 0.821 bits per heavy atom. The van der Waals surface area contributed by atoms with Gasteiger partial charge < -0.3 is 10.2 Å². The van der Waals surface area contributed by atoms with Crippen LogP contribution in [0.2, 0.25) is 0 Å². The van der Waals surface area contributed by atoms with E-state index in [2.05, 4.69) is 20.8 Å². The summed E-state index contributed by atoms with van der Waals surface area (Å²) in [7, 11) is 0. The Morgan fingerprint density at radius 3 is 2.25 bits per heavy atom. The van der Waals surface area contributed by atoms with Gasteiger partial charge in [0.25, 0.3) is 0 Å². The van der Waals surface area contributed by atoms with E-state index in [4.69, 9.17) is 0 Å². The van der Waals surface area contributed by atoms with Gasteiger partial charge in [-0.2, -0.15) is 0 Å². The number of fused-ring (bicyclic) bond motifs is 7. The predicted molar refractivity (Wildman–Crippen MR) is 110 cm³/mol. The molecule has 5 aliphatic rings. The van der Waals surface area contributed by atoms with Gasteiger partial charge in [-0.05, 0) is 111 Å². The van der Waals surface area contributed by atoms with Crippen LogP contribution >= 0.6 is 0 Å². The fourth-order valence-electron chi connectivity index (χ4n) is 10.2. The lowest BCUT2D eigenvalue weighted by atomic mass is 9.37. The summed E-state index contributed by atoms with van der Waals surface area (Å²) in [4.78, 5) is 12.3. The molecule has 158 valence electrons. The fourth-order valence-corrected chi connectivity index (χ4v) is 10.2. The molecule has 3 nitrogen and oxygen atoms in total. The minimum Gasteiger partial charge on any atom is -0.481 e. The first-order valence-corrected chi connectivity index (χ1v) is 12.2. The molecule has 5 aliphatic carbocycles. The molecule has 10 atom stereocenters. The zero-order chi connectivity index (χ0) is 19.9. The normalized spacial score (nSPS) is 58.2. The van der Waals surface area contributed by atoms with Crippen molar-refractivity contribution in [2.75, 3.05) is 0 Å². The van der Waals surface area contributed by atoms with Crippen molar-refractivity contribution in [3.05, 3.63) is 0 Å². The SMILES string of the molecule is CC1C2CC[C@@]3(C)C4CC[C@@]5(C(=O)O)CCCC5C4CCC3C2(C)CC[C@@H]1O. The number of aliphatic hydroxyl groups is 1. The topological polar surface area (TPSA) is 57.5 Å². The summed E-state index contributed by atoms with van der Waals surface area (Å²) in [6, 6.07) is 0. The lowest BCUT2D eigenvalue weighted by molar-refractivity contribution is -0.199. The number of aliphatic hydroxyl groups excluding tert-OH is 1. The fraction of sp³-hybridized carbons (Fsp3) is 0.960. The molecule has 5 fully saturated rings. The number of carboxylic acid groups (broad SMARTS) is 1. The van der Waals surface area contributed by atoms with Gasteiger partial charge in [-0.25, -0.2) is 0 Å².